The summed E-state index contributed by atoms with van der Waals surface area (Å²) in [7, 11) is 0. The Labute approximate surface area is 121 Å². The van der Waals surface area contributed by atoms with Crippen LogP contribution in [0.5, 0.6) is 5.75 Å². The SMILES string of the molecule is CCCc1ccc(OCC(=O)N2CCCNCC2)cc1. The number of carbonyl (C=O) groups is 1. The second-order valence-corrected chi connectivity index (χ2v) is 5.17. The van der Waals surface area contributed by atoms with E-state index in [0.29, 0.717) is 0 Å². The number of hydrogen-bond donors (Lipinski definition) is 1. The maximum Gasteiger partial charge on any atom is 0.260 e. The lowest BCUT2D eigenvalue weighted by Crippen LogP contribution is -2.37. The van der Waals surface area contributed by atoms with E-state index in [1.165, 1.54) is 5.56 Å². The van der Waals surface area contributed by atoms with E-state index in [9.17, 15) is 4.79 Å². The molecule has 1 saturated heterocycles. The van der Waals surface area contributed by atoms with Gasteiger partial charge in [0.15, 0.2) is 6.61 Å². The lowest BCUT2D eigenvalue weighted by Gasteiger charge is -2.20. The van der Waals surface area contributed by atoms with Gasteiger partial charge in [0, 0.05) is 19.6 Å². The zero-order chi connectivity index (χ0) is 14.2. The van der Waals surface area contributed by atoms with Gasteiger partial charge in [-0.15, -0.1) is 0 Å². The Morgan fingerprint density at radius 2 is 2.05 bits per heavy atom. The maximum atomic E-state index is 12.1. The molecule has 1 N–H and O–H groups in total. The quantitative estimate of drug-likeness (QED) is 0.892. The van der Waals surface area contributed by atoms with Crippen LogP contribution in [0.3, 0.4) is 0 Å². The van der Waals surface area contributed by atoms with Gasteiger partial charge in [0.2, 0.25) is 0 Å². The minimum Gasteiger partial charge on any atom is -0.484 e. The Balaban J connectivity index is 1.80. The molecule has 1 aromatic carbocycles. The fraction of sp³-hybridized carbons (Fsp3) is 0.562. The number of ether oxygens (including phenoxy) is 1. The molecule has 1 aliphatic rings. The van der Waals surface area contributed by atoms with Gasteiger partial charge in [0.25, 0.3) is 5.91 Å². The summed E-state index contributed by atoms with van der Waals surface area (Å²) in [6.45, 7) is 5.76. The fourth-order valence-corrected chi connectivity index (χ4v) is 2.37. The van der Waals surface area contributed by atoms with E-state index in [2.05, 4.69) is 24.4 Å². The summed E-state index contributed by atoms with van der Waals surface area (Å²) in [6.07, 6.45) is 3.24. The van der Waals surface area contributed by atoms with Gasteiger partial charge in [-0.1, -0.05) is 25.5 Å². The highest BCUT2D eigenvalue weighted by molar-refractivity contribution is 5.77. The van der Waals surface area contributed by atoms with E-state index in [4.69, 9.17) is 4.74 Å². The molecule has 0 radical (unpaired) electrons. The van der Waals surface area contributed by atoms with Crippen molar-refractivity contribution in [3.8, 4) is 5.75 Å². The van der Waals surface area contributed by atoms with E-state index < -0.39 is 0 Å². The molecule has 1 amide bonds. The first-order valence-corrected chi connectivity index (χ1v) is 7.50. The lowest BCUT2D eigenvalue weighted by molar-refractivity contribution is -0.133. The van der Waals surface area contributed by atoms with Crippen molar-refractivity contribution in [2.24, 2.45) is 0 Å². The second-order valence-electron chi connectivity index (χ2n) is 5.17. The van der Waals surface area contributed by atoms with E-state index in [1.54, 1.807) is 0 Å². The fourth-order valence-electron chi connectivity index (χ4n) is 2.37. The highest BCUT2D eigenvalue weighted by atomic mass is 16.5. The van der Waals surface area contributed by atoms with Gasteiger partial charge < -0.3 is 15.0 Å². The van der Waals surface area contributed by atoms with Crippen LogP contribution in [0, 0.1) is 0 Å². The van der Waals surface area contributed by atoms with Crippen LogP contribution in [0.2, 0.25) is 0 Å². The molecule has 1 aliphatic heterocycles. The van der Waals surface area contributed by atoms with E-state index >= 15 is 0 Å². The number of amides is 1. The standard InChI is InChI=1S/C16H24N2O2/c1-2-4-14-5-7-15(8-6-14)20-13-16(19)18-11-3-9-17-10-12-18/h5-8,17H,2-4,9-13H2,1H3. The maximum absolute atomic E-state index is 12.1. The molecular formula is C16H24N2O2. The minimum atomic E-state index is 0.0753. The summed E-state index contributed by atoms with van der Waals surface area (Å²) in [6, 6.07) is 8.03. The van der Waals surface area contributed by atoms with Gasteiger partial charge in [0.1, 0.15) is 5.75 Å². The van der Waals surface area contributed by atoms with Crippen molar-refractivity contribution in [2.75, 3.05) is 32.8 Å². The molecule has 1 heterocycles. The first kappa shape index (κ1) is 14.9. The van der Waals surface area contributed by atoms with Crippen molar-refractivity contribution in [3.05, 3.63) is 29.8 Å². The van der Waals surface area contributed by atoms with Crippen LogP contribution in [0.4, 0.5) is 0 Å². The van der Waals surface area contributed by atoms with Crippen molar-refractivity contribution >= 4 is 5.91 Å². The molecule has 0 unspecified atom stereocenters. The number of carbonyl (C=O) groups excluding carboxylic acids is 1. The van der Waals surface area contributed by atoms with Gasteiger partial charge in [-0.05, 0) is 37.1 Å². The molecule has 2 rings (SSSR count). The smallest absolute Gasteiger partial charge is 0.260 e. The molecule has 0 saturated carbocycles. The zero-order valence-corrected chi connectivity index (χ0v) is 12.2. The normalized spacial score (nSPS) is 15.8. The lowest BCUT2D eigenvalue weighted by atomic mass is 10.1. The average molecular weight is 276 g/mol. The van der Waals surface area contributed by atoms with Crippen molar-refractivity contribution in [1.82, 2.24) is 10.2 Å². The number of nitrogens with zero attached hydrogens (tertiary/aromatic N) is 1. The van der Waals surface area contributed by atoms with E-state index in [-0.39, 0.29) is 12.5 Å². The van der Waals surface area contributed by atoms with Gasteiger partial charge in [0.05, 0.1) is 0 Å². The van der Waals surface area contributed by atoms with Crippen LogP contribution in [0.15, 0.2) is 24.3 Å². The third kappa shape index (κ3) is 4.53. The molecule has 4 nitrogen and oxygen atoms in total. The largest absolute Gasteiger partial charge is 0.484 e. The summed E-state index contributed by atoms with van der Waals surface area (Å²) in [5, 5.41) is 3.29. The Bertz CT molecular complexity index is 409. The predicted octanol–water partition coefficient (Wildman–Crippen LogP) is 1.84. The number of hydrogen-bond acceptors (Lipinski definition) is 3. The highest BCUT2D eigenvalue weighted by Crippen LogP contribution is 2.13. The molecule has 4 heteroatoms. The molecule has 1 fully saturated rings. The number of aryl methyl sites for hydroxylation is 1. The average Bonchev–Trinajstić information content (AvgIpc) is 2.76. The van der Waals surface area contributed by atoms with Gasteiger partial charge in [-0.2, -0.15) is 0 Å². The third-order valence-corrected chi connectivity index (χ3v) is 3.52. The van der Waals surface area contributed by atoms with Crippen molar-refractivity contribution in [2.45, 2.75) is 26.2 Å². The molecule has 0 aromatic heterocycles. The van der Waals surface area contributed by atoms with E-state index in [0.717, 1.165) is 51.2 Å². The summed E-state index contributed by atoms with van der Waals surface area (Å²) < 4.78 is 5.58. The van der Waals surface area contributed by atoms with Crippen LogP contribution >= 0.6 is 0 Å². The highest BCUT2D eigenvalue weighted by Gasteiger charge is 2.15. The Kier molecular flexibility index (Phi) is 5.87. The zero-order valence-electron chi connectivity index (χ0n) is 12.2. The van der Waals surface area contributed by atoms with Crippen molar-refractivity contribution in [1.29, 1.82) is 0 Å². The van der Waals surface area contributed by atoms with Crippen LogP contribution in [-0.4, -0.2) is 43.6 Å². The van der Waals surface area contributed by atoms with Crippen LogP contribution in [0.25, 0.3) is 0 Å². The molecule has 110 valence electrons. The topological polar surface area (TPSA) is 41.6 Å². The molecule has 0 spiro atoms. The van der Waals surface area contributed by atoms with Crippen molar-refractivity contribution < 1.29 is 9.53 Å². The van der Waals surface area contributed by atoms with Crippen LogP contribution in [-0.2, 0) is 11.2 Å². The predicted molar refractivity (Wildman–Crippen MR) is 80.0 cm³/mol. The first-order valence-electron chi connectivity index (χ1n) is 7.50. The number of benzene rings is 1. The summed E-state index contributed by atoms with van der Waals surface area (Å²) in [5.41, 5.74) is 1.31. The minimum absolute atomic E-state index is 0.0753. The Hall–Kier alpha value is -1.55. The van der Waals surface area contributed by atoms with Crippen LogP contribution < -0.4 is 10.1 Å². The third-order valence-electron chi connectivity index (χ3n) is 3.52. The molecule has 0 aliphatic carbocycles. The molecule has 0 bridgehead atoms. The number of nitrogens with one attached hydrogen (secondary N) is 1. The molecule has 0 atom stereocenters. The monoisotopic (exact) mass is 276 g/mol. The van der Waals surface area contributed by atoms with Crippen molar-refractivity contribution in [3.63, 3.8) is 0 Å². The van der Waals surface area contributed by atoms with Crippen LogP contribution in [0.1, 0.15) is 25.3 Å². The molecule has 20 heavy (non-hydrogen) atoms. The summed E-state index contributed by atoms with van der Waals surface area (Å²) >= 11 is 0. The first-order chi connectivity index (χ1) is 9.79. The Morgan fingerprint density at radius 3 is 2.80 bits per heavy atom. The second kappa shape index (κ2) is 7.90. The molecule has 1 aromatic rings. The summed E-state index contributed by atoms with van der Waals surface area (Å²) in [4.78, 5) is 13.9. The van der Waals surface area contributed by atoms with Gasteiger partial charge >= 0.3 is 0 Å². The Morgan fingerprint density at radius 1 is 1.25 bits per heavy atom. The molecular weight excluding hydrogens is 252 g/mol. The number of rotatable bonds is 5. The van der Waals surface area contributed by atoms with E-state index in [1.807, 2.05) is 17.0 Å². The van der Waals surface area contributed by atoms with Gasteiger partial charge in [-0.25, -0.2) is 0 Å². The van der Waals surface area contributed by atoms with Gasteiger partial charge in [-0.3, -0.25) is 4.79 Å². The summed E-state index contributed by atoms with van der Waals surface area (Å²) in [5.74, 6) is 0.845.